The van der Waals surface area contributed by atoms with E-state index in [9.17, 15) is 102 Å². The molecule has 6 atom stereocenters. The summed E-state index contributed by atoms with van der Waals surface area (Å²) in [6, 6.07) is 17.9. The van der Waals surface area contributed by atoms with Gasteiger partial charge in [-0.3, -0.25) is 67.4 Å². The van der Waals surface area contributed by atoms with E-state index in [0.29, 0.717) is 43.9 Å². The fraction of sp³-hybridized carbons (Fsp3) is 0.290. The first-order valence-corrected chi connectivity index (χ1v) is 45.5. The van der Waals surface area contributed by atoms with Crippen molar-refractivity contribution in [2.45, 2.75) is 94.8 Å². The highest BCUT2D eigenvalue weighted by Gasteiger charge is 2.49. The molecular formula is C100H87F12N19O18. The maximum Gasteiger partial charge on any atom is 0.411 e. The van der Waals surface area contributed by atoms with E-state index < -0.39 is 178 Å². The Labute approximate surface area is 831 Å². The van der Waals surface area contributed by atoms with Crippen LogP contribution >= 0.6 is 0 Å². The summed E-state index contributed by atoms with van der Waals surface area (Å²) >= 11 is 0. The zero-order chi connectivity index (χ0) is 107. The maximum atomic E-state index is 15.5. The highest BCUT2D eigenvalue weighted by Crippen LogP contribution is 2.39. The molecule has 6 unspecified atom stereocenters. The molecule has 18 rings (SSSR count). The number of benzene rings is 6. The van der Waals surface area contributed by atoms with Crippen LogP contribution in [-0.4, -0.2) is 231 Å². The number of carbonyl (C=O) groups is 6. The number of carboxylic acid groups (broad SMARTS) is 1. The summed E-state index contributed by atoms with van der Waals surface area (Å²) in [4.78, 5) is 191. The first-order valence-electron chi connectivity index (χ1n) is 45.5. The summed E-state index contributed by atoms with van der Waals surface area (Å²) in [6.07, 6.45) is -1.90. The van der Waals surface area contributed by atoms with Crippen molar-refractivity contribution in [3.8, 4) is 17.1 Å². The van der Waals surface area contributed by atoms with Crippen molar-refractivity contribution in [3.63, 3.8) is 0 Å². The van der Waals surface area contributed by atoms with E-state index in [1.165, 1.54) is 160 Å². The molecule has 3 aliphatic rings. The number of rotatable bonds is 21. The number of nitrogens with one attached hydrogen (secondary N) is 3. The number of carboxylic acids is 1. The molecule has 149 heavy (non-hydrogen) atoms. The molecule has 4 N–H and O–H groups in total. The number of hydrogen-bond acceptors (Lipinski definition) is 27. The molecule has 37 nitrogen and oxygen atoms in total. The summed E-state index contributed by atoms with van der Waals surface area (Å²) in [5, 5.41) is 19.0. The molecule has 0 aliphatic carbocycles. The quantitative estimate of drug-likeness (QED) is 0.0384. The van der Waals surface area contributed by atoms with Crippen LogP contribution in [-0.2, 0) is 78.5 Å². The SMILES string of the molecule is COC(=O)C(Cc1ccc(-n2c(=O)c3cnccc3n(C)c2=O)c2ncccc12)NC(=O)c1c(C)cc(N2CCOCC2C(F)(F)F)cc1F.COC(=O)C(Cc1ccc(-n2c(=O)c3nccnc3n(C)c2=O)c2ncccc12)NC(=O)c1c(C)cc(N2CCOCC2C(F)(F)F)cc1F.Cc1cc(N2CCOCC2C(F)(F)F)cc(F)c1C(=O)NC(Cc1ccc(-n2c(=O)c3cnccc3n(C)c2=O)c2ncccc12)C(=O)O. The molecule has 3 aliphatic heterocycles. The van der Waals surface area contributed by atoms with Crippen molar-refractivity contribution in [1.29, 1.82) is 0 Å². The zero-order valence-corrected chi connectivity index (χ0v) is 79.8. The maximum absolute atomic E-state index is 15.5. The lowest BCUT2D eigenvalue weighted by Gasteiger charge is -2.38. The number of esters is 2. The number of fused-ring (bicyclic) bond motifs is 6. The third kappa shape index (κ3) is 20.9. The van der Waals surface area contributed by atoms with Crippen molar-refractivity contribution < 1.29 is 110 Å². The van der Waals surface area contributed by atoms with E-state index in [1.807, 2.05) is 0 Å². The fourth-order valence-corrected chi connectivity index (χ4v) is 18.4. The number of amides is 3. The lowest BCUT2D eigenvalue weighted by atomic mass is 9.99. The minimum atomic E-state index is -4.65. The van der Waals surface area contributed by atoms with E-state index in [-0.39, 0.29) is 148 Å². The fourth-order valence-electron chi connectivity index (χ4n) is 18.4. The average molecular weight is 2070 g/mol. The summed E-state index contributed by atoms with van der Waals surface area (Å²) in [6.45, 7) is 1.80. The Morgan fingerprint density at radius 2 is 0.718 bits per heavy atom. The second-order valence-corrected chi connectivity index (χ2v) is 34.8. The number of aryl methyl sites for hydroxylation is 6. The van der Waals surface area contributed by atoms with Crippen LogP contribution in [0, 0.1) is 38.2 Å². The molecule has 0 radical (unpaired) electrons. The summed E-state index contributed by atoms with van der Waals surface area (Å²) in [7, 11) is 6.69. The molecule has 3 amide bonds. The second kappa shape index (κ2) is 42.6. The standard InChI is InChI=1S/C34H30F4N6O6.C33H29F4N7O6.C33H28F4N6O6/c1-18-13-20(43-11-12-50-17-27(43)34(36,37)38)15-23(35)28(18)30(45)41-24(32(47)49-3)14-19-6-7-26(29-21(19)5-4-9-40-29)44-31(46)22-16-39-10-8-25(22)42(2)33(44)48;1-17-13-19(43-11-12-50-16-24(43)33(35,36)37)15-21(34)25(17)29(45)41-22(31(47)49-3)14-18-6-7-23(26-20(18)5-4-8-38-26)44-30(46)27-28(40-10-9-39-27)42(2)32(44)48;1-17-12-19(42-10-11-49-16-26(42)33(35,36)37)14-22(34)27(17)29(44)40-23(31(46)47)13-18-5-6-25(28-20(18)4-3-8-39-28)43-30(45)21-15-38-9-7-24(21)41(2)32(43)48/h4-10,13,15-16,24,27H,11-12,14,17H2,1-3H3,(H,41,45);4-10,13,15,22,24H,11-12,14,16H2,1-3H3,(H,41,45);3-9,12,14-15,23,26H,10-11,13,16H2,1-2H3,(H,40,44)(H,46,47). The molecule has 0 spiro atoms. The smallest absolute Gasteiger partial charge is 0.411 e. The largest absolute Gasteiger partial charge is 0.480 e. The Hall–Kier alpha value is -17.0. The van der Waals surface area contributed by atoms with E-state index in [1.54, 1.807) is 54.6 Å². The molecule has 0 saturated carbocycles. The van der Waals surface area contributed by atoms with Gasteiger partial charge in [-0.05, 0) is 139 Å². The Kier molecular flexibility index (Phi) is 30.0. The van der Waals surface area contributed by atoms with Crippen LogP contribution in [0.2, 0.25) is 0 Å². The summed E-state index contributed by atoms with van der Waals surface area (Å²) in [5.74, 6) is -9.53. The Balaban J connectivity index is 0.000000159. The number of aliphatic carboxylic acids is 1. The summed E-state index contributed by atoms with van der Waals surface area (Å²) < 4.78 is 201. The highest BCUT2D eigenvalue weighted by atomic mass is 19.4. The van der Waals surface area contributed by atoms with Crippen LogP contribution in [0.25, 0.3) is 82.7 Å². The number of methoxy groups -OCH3 is 2. The van der Waals surface area contributed by atoms with Gasteiger partial charge in [-0.15, -0.1) is 0 Å². The number of hydrogen-bond donors (Lipinski definition) is 4. The van der Waals surface area contributed by atoms with Crippen LogP contribution in [0.3, 0.4) is 0 Å². The molecule has 15 aromatic rings. The minimum Gasteiger partial charge on any atom is -0.480 e. The predicted octanol–water partition coefficient (Wildman–Crippen LogP) is 9.39. The van der Waals surface area contributed by atoms with Gasteiger partial charge in [0.15, 0.2) is 11.2 Å². The highest BCUT2D eigenvalue weighted by molar-refractivity contribution is 6.02. The van der Waals surface area contributed by atoms with Crippen molar-refractivity contribution >= 4 is 118 Å². The van der Waals surface area contributed by atoms with Gasteiger partial charge < -0.3 is 59.4 Å². The van der Waals surface area contributed by atoms with E-state index in [4.69, 9.17) is 23.7 Å². The van der Waals surface area contributed by atoms with Crippen LogP contribution in [0.1, 0.15) is 64.5 Å². The lowest BCUT2D eigenvalue weighted by Crippen LogP contribution is -2.53. The first-order chi connectivity index (χ1) is 70.9. The van der Waals surface area contributed by atoms with Gasteiger partial charge >= 0.3 is 53.5 Å². The molecule has 12 heterocycles. The average Bonchev–Trinajstić information content (AvgIpc) is 0.749. The molecule has 774 valence electrons. The molecule has 3 fully saturated rings. The number of nitrogens with zero attached hydrogens (tertiary/aromatic N) is 16. The van der Waals surface area contributed by atoms with Gasteiger partial charge in [0.1, 0.15) is 53.7 Å². The Bertz CT molecular complexity index is 7920. The molecular weight excluding hydrogens is 1980 g/mol. The molecule has 6 aromatic carbocycles. The van der Waals surface area contributed by atoms with E-state index >= 15 is 13.2 Å². The van der Waals surface area contributed by atoms with Gasteiger partial charge in [-0.2, -0.15) is 39.5 Å². The number of ether oxygens (including phenoxy) is 5. The molecule has 0 bridgehead atoms. The number of morpholine rings is 3. The van der Waals surface area contributed by atoms with Crippen LogP contribution in [0.15, 0.2) is 206 Å². The normalized spacial score (nSPS) is 15.7. The topological polar surface area (TPSA) is 437 Å². The van der Waals surface area contributed by atoms with Crippen molar-refractivity contribution in [3.05, 3.63) is 307 Å². The Morgan fingerprint density at radius 3 is 1.05 bits per heavy atom. The van der Waals surface area contributed by atoms with E-state index in [0.717, 1.165) is 60.8 Å². The number of aromatic nitrogens is 13. The van der Waals surface area contributed by atoms with Gasteiger partial charge in [0.25, 0.3) is 34.4 Å². The monoisotopic (exact) mass is 2070 g/mol. The van der Waals surface area contributed by atoms with Crippen molar-refractivity contribution in [1.82, 2.24) is 78.2 Å². The van der Waals surface area contributed by atoms with Gasteiger partial charge in [-0.1, -0.05) is 36.4 Å². The molecule has 49 heteroatoms. The van der Waals surface area contributed by atoms with Gasteiger partial charge in [0, 0.05) is 149 Å². The zero-order valence-electron chi connectivity index (χ0n) is 79.8. The number of pyridine rings is 5. The third-order valence-electron chi connectivity index (χ3n) is 25.7. The number of halogens is 12. The first kappa shape index (κ1) is 105. The van der Waals surface area contributed by atoms with Gasteiger partial charge in [0.2, 0.25) is 0 Å². The number of anilines is 3. The molecule has 9 aromatic heterocycles. The van der Waals surface area contributed by atoms with E-state index in [2.05, 4.69) is 50.8 Å². The van der Waals surface area contributed by atoms with Gasteiger partial charge in [0.05, 0.1) is 126 Å². The van der Waals surface area contributed by atoms with Crippen molar-refractivity contribution in [2.24, 2.45) is 21.1 Å². The predicted molar refractivity (Wildman–Crippen MR) is 515 cm³/mol. The number of alkyl halides is 9. The summed E-state index contributed by atoms with van der Waals surface area (Å²) in [5.41, 5.74) is -2.28. The lowest BCUT2D eigenvalue weighted by molar-refractivity contribution is -0.167. The Morgan fingerprint density at radius 1 is 0.403 bits per heavy atom. The third-order valence-corrected chi connectivity index (χ3v) is 25.7. The van der Waals surface area contributed by atoms with Crippen LogP contribution in [0.5, 0.6) is 0 Å². The van der Waals surface area contributed by atoms with Crippen molar-refractivity contribution in [2.75, 3.05) is 88.2 Å². The second-order valence-electron chi connectivity index (χ2n) is 34.8. The number of carbonyl (C=O) groups excluding carboxylic acids is 5. The van der Waals surface area contributed by atoms with Crippen LogP contribution < -0.4 is 64.4 Å². The van der Waals surface area contributed by atoms with Crippen LogP contribution in [0.4, 0.5) is 69.7 Å². The van der Waals surface area contributed by atoms with Gasteiger partial charge in [-0.25, -0.2) is 65.6 Å². The minimum absolute atomic E-state index is 0.000616. The molecule has 3 saturated heterocycles.